The highest BCUT2D eigenvalue weighted by Crippen LogP contribution is 2.33. The van der Waals surface area contributed by atoms with Gasteiger partial charge in [0.15, 0.2) is 0 Å². The van der Waals surface area contributed by atoms with E-state index < -0.39 is 0 Å². The van der Waals surface area contributed by atoms with Crippen molar-refractivity contribution in [3.8, 4) is 11.1 Å². The second-order valence-electron chi connectivity index (χ2n) is 5.52. The lowest BCUT2D eigenvalue weighted by Crippen LogP contribution is -2.12. The summed E-state index contributed by atoms with van der Waals surface area (Å²) < 4.78 is 0. The zero-order chi connectivity index (χ0) is 14.0. The monoisotopic (exact) mass is 254 g/mol. The molecule has 0 heterocycles. The third kappa shape index (κ3) is 2.81. The quantitative estimate of drug-likeness (QED) is 0.590. The average molecular weight is 254 g/mol. The molecule has 0 aliphatic carbocycles. The number of hydrogen-bond donors (Lipinski definition) is 0. The first-order valence-electron chi connectivity index (χ1n) is 6.15. The van der Waals surface area contributed by atoms with Crippen LogP contribution in [0.2, 0.25) is 0 Å². The third-order valence-electron chi connectivity index (χ3n) is 3.01. The molecule has 3 nitrogen and oxygen atoms in total. The van der Waals surface area contributed by atoms with Crippen LogP contribution in [0.25, 0.3) is 11.1 Å². The maximum Gasteiger partial charge on any atom is 0.270 e. The maximum atomic E-state index is 10.9. The SMILES string of the molecule is CC(C)(C)c1ccc[c]c1-c1cccc([N+](=O)[O-])c1. The molecule has 0 amide bonds. The van der Waals surface area contributed by atoms with E-state index in [0.717, 1.165) is 16.7 Å². The number of rotatable bonds is 2. The van der Waals surface area contributed by atoms with Crippen LogP contribution in [0.1, 0.15) is 26.3 Å². The molecule has 0 N–H and O–H groups in total. The number of nitrogens with zero attached hydrogens (tertiary/aromatic N) is 1. The first-order chi connectivity index (χ1) is 8.89. The van der Waals surface area contributed by atoms with Crippen LogP contribution in [-0.2, 0) is 5.41 Å². The summed E-state index contributed by atoms with van der Waals surface area (Å²) in [5.74, 6) is 0. The summed E-state index contributed by atoms with van der Waals surface area (Å²) in [6.45, 7) is 6.37. The summed E-state index contributed by atoms with van der Waals surface area (Å²) in [7, 11) is 0. The zero-order valence-electron chi connectivity index (χ0n) is 11.3. The van der Waals surface area contributed by atoms with Crippen molar-refractivity contribution in [3.05, 3.63) is 64.2 Å². The van der Waals surface area contributed by atoms with Crippen molar-refractivity contribution in [2.75, 3.05) is 0 Å². The van der Waals surface area contributed by atoms with Gasteiger partial charge in [0.2, 0.25) is 0 Å². The molecule has 2 rings (SSSR count). The van der Waals surface area contributed by atoms with Gasteiger partial charge in [0.1, 0.15) is 0 Å². The van der Waals surface area contributed by atoms with Gasteiger partial charge < -0.3 is 0 Å². The Morgan fingerprint density at radius 2 is 1.89 bits per heavy atom. The molecule has 0 bridgehead atoms. The highest BCUT2D eigenvalue weighted by Gasteiger charge is 2.19. The first-order valence-corrected chi connectivity index (χ1v) is 6.15. The van der Waals surface area contributed by atoms with Gasteiger partial charge in [0, 0.05) is 12.1 Å². The molecule has 0 saturated carbocycles. The van der Waals surface area contributed by atoms with Gasteiger partial charge in [-0.2, -0.15) is 0 Å². The minimum atomic E-state index is -0.372. The molecule has 97 valence electrons. The lowest BCUT2D eigenvalue weighted by Gasteiger charge is -2.22. The molecular weight excluding hydrogens is 238 g/mol. The van der Waals surface area contributed by atoms with E-state index in [1.165, 1.54) is 6.07 Å². The molecule has 2 aromatic rings. The molecule has 2 aromatic carbocycles. The van der Waals surface area contributed by atoms with Crippen LogP contribution in [0.5, 0.6) is 0 Å². The molecule has 0 atom stereocenters. The first kappa shape index (κ1) is 13.3. The highest BCUT2D eigenvalue weighted by molar-refractivity contribution is 5.70. The Balaban J connectivity index is 2.60. The van der Waals surface area contributed by atoms with Gasteiger partial charge in [0.25, 0.3) is 5.69 Å². The maximum absolute atomic E-state index is 10.9. The molecule has 0 fully saturated rings. The van der Waals surface area contributed by atoms with Gasteiger partial charge in [-0.3, -0.25) is 10.1 Å². The van der Waals surface area contributed by atoms with Crippen LogP contribution >= 0.6 is 0 Å². The molecule has 0 saturated heterocycles. The minimum absolute atomic E-state index is 0.0300. The summed E-state index contributed by atoms with van der Waals surface area (Å²) in [6, 6.07) is 15.7. The lowest BCUT2D eigenvalue weighted by molar-refractivity contribution is -0.384. The van der Waals surface area contributed by atoms with Crippen molar-refractivity contribution in [1.29, 1.82) is 0 Å². The molecule has 19 heavy (non-hydrogen) atoms. The van der Waals surface area contributed by atoms with Crippen LogP contribution in [-0.4, -0.2) is 4.92 Å². The van der Waals surface area contributed by atoms with Crippen LogP contribution < -0.4 is 0 Å². The lowest BCUT2D eigenvalue weighted by atomic mass is 9.82. The van der Waals surface area contributed by atoms with Crippen molar-refractivity contribution in [2.45, 2.75) is 26.2 Å². The fourth-order valence-corrected chi connectivity index (χ4v) is 2.08. The van der Waals surface area contributed by atoms with E-state index in [2.05, 4.69) is 26.8 Å². The molecule has 0 spiro atoms. The smallest absolute Gasteiger partial charge is 0.258 e. The number of nitro groups is 1. The van der Waals surface area contributed by atoms with Crippen molar-refractivity contribution in [3.63, 3.8) is 0 Å². The second kappa shape index (κ2) is 4.84. The van der Waals surface area contributed by atoms with Gasteiger partial charge in [-0.15, -0.1) is 0 Å². The van der Waals surface area contributed by atoms with Gasteiger partial charge >= 0.3 is 0 Å². The van der Waals surface area contributed by atoms with Crippen molar-refractivity contribution in [2.24, 2.45) is 0 Å². The highest BCUT2D eigenvalue weighted by atomic mass is 16.6. The van der Waals surface area contributed by atoms with E-state index in [1.54, 1.807) is 12.1 Å². The van der Waals surface area contributed by atoms with Crippen LogP contribution in [0.3, 0.4) is 0 Å². The van der Waals surface area contributed by atoms with E-state index >= 15 is 0 Å². The van der Waals surface area contributed by atoms with E-state index in [-0.39, 0.29) is 16.0 Å². The number of benzene rings is 2. The number of hydrogen-bond acceptors (Lipinski definition) is 2. The van der Waals surface area contributed by atoms with E-state index in [1.807, 2.05) is 24.3 Å². The Morgan fingerprint density at radius 1 is 1.16 bits per heavy atom. The summed E-state index contributed by atoms with van der Waals surface area (Å²) in [6.07, 6.45) is 0. The van der Waals surface area contributed by atoms with Gasteiger partial charge in [-0.1, -0.05) is 51.1 Å². The van der Waals surface area contributed by atoms with Crippen molar-refractivity contribution < 1.29 is 4.92 Å². The van der Waals surface area contributed by atoms with Crippen LogP contribution in [0, 0.1) is 16.2 Å². The van der Waals surface area contributed by atoms with Crippen LogP contribution in [0.15, 0.2) is 42.5 Å². The standard InChI is InChI=1S/C16H16NO2/c1-16(2,3)15-10-5-4-9-14(15)12-7-6-8-13(11-12)17(18)19/h4-8,10-11H,1-3H3. The van der Waals surface area contributed by atoms with Gasteiger partial charge in [-0.05, 0) is 28.2 Å². The number of nitro benzene ring substituents is 1. The Labute approximate surface area is 113 Å². The topological polar surface area (TPSA) is 43.1 Å². The fourth-order valence-electron chi connectivity index (χ4n) is 2.08. The molecule has 0 unspecified atom stereocenters. The van der Waals surface area contributed by atoms with Crippen molar-refractivity contribution >= 4 is 5.69 Å². The fraction of sp³-hybridized carbons (Fsp3) is 0.250. The largest absolute Gasteiger partial charge is 0.270 e. The average Bonchev–Trinajstić information content (AvgIpc) is 2.38. The third-order valence-corrected chi connectivity index (χ3v) is 3.01. The molecule has 3 heteroatoms. The molecule has 0 aliphatic heterocycles. The predicted molar refractivity (Wildman–Crippen MR) is 76.1 cm³/mol. The van der Waals surface area contributed by atoms with E-state index in [0.29, 0.717) is 0 Å². The number of non-ortho nitro benzene ring substituents is 1. The Morgan fingerprint density at radius 3 is 2.53 bits per heavy atom. The van der Waals surface area contributed by atoms with E-state index in [4.69, 9.17) is 0 Å². The Bertz CT molecular complexity index is 612. The molecular formula is C16H16NO2. The summed E-state index contributed by atoms with van der Waals surface area (Å²) >= 11 is 0. The Hall–Kier alpha value is -2.16. The molecule has 0 aliphatic rings. The summed E-state index contributed by atoms with van der Waals surface area (Å²) in [5, 5.41) is 10.9. The molecule has 1 radical (unpaired) electrons. The summed E-state index contributed by atoms with van der Waals surface area (Å²) in [5.41, 5.74) is 2.97. The Kier molecular flexibility index (Phi) is 3.38. The van der Waals surface area contributed by atoms with Gasteiger partial charge in [0.05, 0.1) is 4.92 Å². The minimum Gasteiger partial charge on any atom is -0.258 e. The van der Waals surface area contributed by atoms with Crippen LogP contribution in [0.4, 0.5) is 5.69 Å². The molecule has 0 aromatic heterocycles. The predicted octanol–water partition coefficient (Wildman–Crippen LogP) is 4.36. The van der Waals surface area contributed by atoms with E-state index in [9.17, 15) is 10.1 Å². The second-order valence-corrected chi connectivity index (χ2v) is 5.52. The normalized spacial score (nSPS) is 11.3. The van der Waals surface area contributed by atoms with Gasteiger partial charge in [-0.25, -0.2) is 0 Å². The zero-order valence-corrected chi connectivity index (χ0v) is 11.3. The van der Waals surface area contributed by atoms with Crippen molar-refractivity contribution in [1.82, 2.24) is 0 Å². The summed E-state index contributed by atoms with van der Waals surface area (Å²) in [4.78, 5) is 10.5.